The number of nitrogens with zero attached hydrogens (tertiary/aromatic N) is 1. The summed E-state index contributed by atoms with van der Waals surface area (Å²) < 4.78 is 37.7. The Labute approximate surface area is 107 Å². The highest BCUT2D eigenvalue weighted by atomic mass is 19.4. The number of hydrogen-bond acceptors (Lipinski definition) is 2. The monoisotopic (exact) mass is 274 g/mol. The average Bonchev–Trinajstić information content (AvgIpc) is 2.25. The maximum Gasteiger partial charge on any atom is 0.416 e. The van der Waals surface area contributed by atoms with E-state index in [1.54, 1.807) is 0 Å². The van der Waals surface area contributed by atoms with Crippen molar-refractivity contribution in [2.45, 2.75) is 18.8 Å². The number of rotatable bonds is 3. The molecule has 1 heterocycles. The fourth-order valence-corrected chi connectivity index (χ4v) is 1.89. The number of amides is 1. The molecule has 0 aliphatic carbocycles. The minimum atomic E-state index is -4.41. The van der Waals surface area contributed by atoms with E-state index in [0.717, 1.165) is 17.0 Å². The first-order valence-corrected chi connectivity index (χ1v) is 5.74. The van der Waals surface area contributed by atoms with Crippen LogP contribution in [-0.4, -0.2) is 35.2 Å². The molecule has 2 N–H and O–H groups in total. The van der Waals surface area contributed by atoms with Crippen molar-refractivity contribution in [3.05, 3.63) is 35.4 Å². The zero-order chi connectivity index (χ0) is 14.0. The van der Waals surface area contributed by atoms with Crippen LogP contribution in [0.25, 0.3) is 0 Å². The molecule has 1 aliphatic rings. The lowest BCUT2D eigenvalue weighted by atomic mass is 10.1. The molecule has 1 saturated heterocycles. The first-order chi connectivity index (χ1) is 8.88. The topological polar surface area (TPSA) is 52.6 Å². The van der Waals surface area contributed by atoms with Gasteiger partial charge in [-0.1, -0.05) is 12.1 Å². The van der Waals surface area contributed by atoms with Crippen molar-refractivity contribution >= 4 is 6.09 Å². The highest BCUT2D eigenvalue weighted by Gasteiger charge is 2.32. The first kappa shape index (κ1) is 13.7. The maximum atomic E-state index is 12.6. The summed E-state index contributed by atoms with van der Waals surface area (Å²) in [6.45, 7) is 1.03. The Bertz CT molecular complexity index is 472. The lowest BCUT2D eigenvalue weighted by Gasteiger charge is -2.36. The summed E-state index contributed by atoms with van der Waals surface area (Å²) in [5.41, 5.74) is -0.425. The molecule has 0 radical (unpaired) electrons. The first-order valence-electron chi connectivity index (χ1n) is 5.74. The Morgan fingerprint density at radius 3 is 2.58 bits per heavy atom. The van der Waals surface area contributed by atoms with Crippen LogP contribution in [0.3, 0.4) is 0 Å². The maximum absolute atomic E-state index is 12.6. The molecule has 1 aromatic carbocycles. The summed E-state index contributed by atoms with van der Waals surface area (Å²) in [5.74, 6) is 0. The van der Waals surface area contributed by atoms with Gasteiger partial charge in [0, 0.05) is 19.6 Å². The van der Waals surface area contributed by atoms with Gasteiger partial charge >= 0.3 is 12.3 Å². The molecule has 7 heteroatoms. The van der Waals surface area contributed by atoms with Crippen LogP contribution >= 0.6 is 0 Å². The quantitative estimate of drug-likeness (QED) is 0.888. The second-order valence-electron chi connectivity index (χ2n) is 4.42. The summed E-state index contributed by atoms with van der Waals surface area (Å²) in [7, 11) is 0. The third kappa shape index (κ3) is 3.17. The fraction of sp³-hybridized carbons (Fsp3) is 0.417. The summed E-state index contributed by atoms with van der Waals surface area (Å²) in [4.78, 5) is 12.3. The van der Waals surface area contributed by atoms with Crippen LogP contribution in [0, 0.1) is 0 Å². The van der Waals surface area contributed by atoms with Gasteiger partial charge in [-0.3, -0.25) is 4.90 Å². The fourth-order valence-electron chi connectivity index (χ4n) is 1.89. The van der Waals surface area contributed by atoms with E-state index in [1.165, 1.54) is 12.1 Å². The number of nitrogens with one attached hydrogen (secondary N) is 1. The Morgan fingerprint density at radius 2 is 2.11 bits per heavy atom. The van der Waals surface area contributed by atoms with Gasteiger partial charge in [-0.2, -0.15) is 13.2 Å². The molecule has 1 amide bonds. The Balaban J connectivity index is 2.15. The summed E-state index contributed by atoms with van der Waals surface area (Å²) >= 11 is 0. The minimum Gasteiger partial charge on any atom is -0.465 e. The van der Waals surface area contributed by atoms with Crippen molar-refractivity contribution in [2.75, 3.05) is 13.1 Å². The molecule has 1 aliphatic heterocycles. The van der Waals surface area contributed by atoms with Crippen LogP contribution in [0.2, 0.25) is 0 Å². The second kappa shape index (κ2) is 5.08. The zero-order valence-electron chi connectivity index (χ0n) is 9.94. The van der Waals surface area contributed by atoms with Crippen molar-refractivity contribution in [3.63, 3.8) is 0 Å². The van der Waals surface area contributed by atoms with Crippen molar-refractivity contribution in [1.29, 1.82) is 0 Å². The second-order valence-corrected chi connectivity index (χ2v) is 4.42. The predicted molar refractivity (Wildman–Crippen MR) is 61.7 cm³/mol. The summed E-state index contributed by atoms with van der Waals surface area (Å²) in [6.07, 6.45) is -5.54. The molecule has 0 atom stereocenters. The highest BCUT2D eigenvalue weighted by Crippen LogP contribution is 2.29. The normalized spacial score (nSPS) is 15.9. The largest absolute Gasteiger partial charge is 0.465 e. The van der Waals surface area contributed by atoms with E-state index < -0.39 is 17.8 Å². The van der Waals surface area contributed by atoms with Crippen LogP contribution in [0.5, 0.6) is 0 Å². The van der Waals surface area contributed by atoms with Gasteiger partial charge in [-0.25, -0.2) is 4.79 Å². The predicted octanol–water partition coefficient (Wildman–Crippen LogP) is 2.16. The molecule has 0 bridgehead atoms. The SMILES string of the molecule is O=C(O)N(Cc1cccc(C(F)(F)F)c1)C1CNC1. The molecule has 0 saturated carbocycles. The number of halogens is 3. The standard InChI is InChI=1S/C12H13F3N2O2/c13-12(14,15)9-3-1-2-8(4-9)7-17(11(18)19)10-5-16-6-10/h1-4,10,16H,5-7H2,(H,18,19). The van der Waals surface area contributed by atoms with Gasteiger partial charge in [0.15, 0.2) is 0 Å². The number of benzene rings is 1. The molecule has 104 valence electrons. The molecule has 2 rings (SSSR count). The molecule has 0 spiro atoms. The van der Waals surface area contributed by atoms with Gasteiger partial charge < -0.3 is 10.4 Å². The van der Waals surface area contributed by atoms with Gasteiger partial charge in [0.25, 0.3) is 0 Å². The van der Waals surface area contributed by atoms with Crippen LogP contribution in [0.1, 0.15) is 11.1 Å². The number of carboxylic acid groups (broad SMARTS) is 1. The Kier molecular flexibility index (Phi) is 3.66. The lowest BCUT2D eigenvalue weighted by molar-refractivity contribution is -0.137. The van der Waals surface area contributed by atoms with Gasteiger partial charge in [-0.05, 0) is 17.7 Å². The molecule has 0 aromatic heterocycles. The molecule has 1 fully saturated rings. The number of hydrogen-bond donors (Lipinski definition) is 2. The van der Waals surface area contributed by atoms with Crippen molar-refractivity contribution < 1.29 is 23.1 Å². The average molecular weight is 274 g/mol. The van der Waals surface area contributed by atoms with E-state index in [2.05, 4.69) is 5.32 Å². The van der Waals surface area contributed by atoms with E-state index in [4.69, 9.17) is 5.11 Å². The van der Waals surface area contributed by atoms with Crippen molar-refractivity contribution in [3.8, 4) is 0 Å². The third-order valence-electron chi connectivity index (χ3n) is 3.05. The molecule has 19 heavy (non-hydrogen) atoms. The van der Waals surface area contributed by atoms with E-state index in [9.17, 15) is 18.0 Å². The van der Waals surface area contributed by atoms with E-state index >= 15 is 0 Å². The van der Waals surface area contributed by atoms with E-state index in [0.29, 0.717) is 18.7 Å². The van der Waals surface area contributed by atoms with Gasteiger partial charge in [0.05, 0.1) is 11.6 Å². The van der Waals surface area contributed by atoms with Crippen LogP contribution in [-0.2, 0) is 12.7 Å². The summed E-state index contributed by atoms with van der Waals surface area (Å²) in [6, 6.07) is 4.57. The van der Waals surface area contributed by atoms with Crippen molar-refractivity contribution in [1.82, 2.24) is 10.2 Å². The molecule has 1 aromatic rings. The number of alkyl halides is 3. The lowest BCUT2D eigenvalue weighted by Crippen LogP contribution is -2.58. The molecular formula is C12H13F3N2O2. The van der Waals surface area contributed by atoms with Gasteiger partial charge in [-0.15, -0.1) is 0 Å². The van der Waals surface area contributed by atoms with Crippen LogP contribution in [0.4, 0.5) is 18.0 Å². The molecular weight excluding hydrogens is 261 g/mol. The van der Waals surface area contributed by atoms with E-state index in [1.807, 2.05) is 0 Å². The molecule has 0 unspecified atom stereocenters. The third-order valence-corrected chi connectivity index (χ3v) is 3.05. The molecule has 4 nitrogen and oxygen atoms in total. The number of carbonyl (C=O) groups is 1. The minimum absolute atomic E-state index is 0.0361. The highest BCUT2D eigenvalue weighted by molar-refractivity contribution is 5.65. The van der Waals surface area contributed by atoms with Crippen LogP contribution < -0.4 is 5.32 Å². The summed E-state index contributed by atoms with van der Waals surface area (Å²) in [5, 5.41) is 12.0. The zero-order valence-corrected chi connectivity index (χ0v) is 9.94. The van der Waals surface area contributed by atoms with Gasteiger partial charge in [0.1, 0.15) is 0 Å². The van der Waals surface area contributed by atoms with Gasteiger partial charge in [0.2, 0.25) is 0 Å². The Morgan fingerprint density at radius 1 is 1.42 bits per heavy atom. The van der Waals surface area contributed by atoms with Crippen molar-refractivity contribution in [2.24, 2.45) is 0 Å². The Hall–Kier alpha value is -1.76. The smallest absolute Gasteiger partial charge is 0.416 e. The van der Waals surface area contributed by atoms with Crippen LogP contribution in [0.15, 0.2) is 24.3 Å². The van der Waals surface area contributed by atoms with E-state index in [-0.39, 0.29) is 12.6 Å².